The molecule has 0 saturated heterocycles. The highest BCUT2D eigenvalue weighted by Crippen LogP contribution is 2.23. The lowest BCUT2D eigenvalue weighted by atomic mass is 9.86. The number of hydrogen-bond acceptors (Lipinski definition) is 4. The number of carbonyl (C=O) groups excluding carboxylic acids is 2. The van der Waals surface area contributed by atoms with E-state index in [4.69, 9.17) is 9.47 Å². The number of ether oxygens (including phenoxy) is 2. The molecule has 3 atom stereocenters. The Labute approximate surface area is 151 Å². The van der Waals surface area contributed by atoms with E-state index in [9.17, 15) is 9.59 Å². The van der Waals surface area contributed by atoms with Gasteiger partial charge in [-0.3, -0.25) is 4.79 Å². The van der Waals surface area contributed by atoms with E-state index in [1.165, 1.54) is 6.42 Å². The number of hydrogen-bond donors (Lipinski definition) is 1. The van der Waals surface area contributed by atoms with Crippen LogP contribution in [0.1, 0.15) is 39.5 Å². The molecule has 0 aromatic heterocycles. The van der Waals surface area contributed by atoms with Gasteiger partial charge in [-0.25, -0.2) is 4.79 Å². The van der Waals surface area contributed by atoms with Crippen molar-refractivity contribution >= 4 is 27.8 Å². The van der Waals surface area contributed by atoms with Crippen LogP contribution < -0.4 is 10.1 Å². The lowest BCUT2D eigenvalue weighted by molar-refractivity contribution is -0.155. The van der Waals surface area contributed by atoms with Gasteiger partial charge in [-0.1, -0.05) is 35.7 Å². The summed E-state index contributed by atoms with van der Waals surface area (Å²) in [7, 11) is 0. The smallest absolute Gasteiger partial charge is 0.347 e. The minimum atomic E-state index is -0.771. The maximum absolute atomic E-state index is 11.9. The Balaban J connectivity index is 1.73. The van der Waals surface area contributed by atoms with Crippen molar-refractivity contribution in [2.24, 2.45) is 5.92 Å². The largest absolute Gasteiger partial charge is 0.479 e. The SMILES string of the molecule is C[C@@H](Oc1ccc(Br)cc1)C(=O)OCC(=O)N[C@@H]1CCCC[C@@H]1C. The molecule has 0 bridgehead atoms. The third-order valence-electron chi connectivity index (χ3n) is 4.26. The van der Waals surface area contributed by atoms with Crippen molar-refractivity contribution < 1.29 is 19.1 Å². The van der Waals surface area contributed by atoms with Crippen LogP contribution >= 0.6 is 15.9 Å². The highest BCUT2D eigenvalue weighted by molar-refractivity contribution is 9.10. The van der Waals surface area contributed by atoms with Gasteiger partial charge >= 0.3 is 5.97 Å². The Morgan fingerprint density at radius 2 is 1.92 bits per heavy atom. The molecule has 1 amide bonds. The molecule has 0 aliphatic heterocycles. The first-order valence-corrected chi connectivity index (χ1v) is 9.13. The Kier molecular flexibility index (Phi) is 7.09. The third kappa shape index (κ3) is 5.82. The second kappa shape index (κ2) is 9.06. The van der Waals surface area contributed by atoms with Crippen molar-refractivity contribution in [1.82, 2.24) is 5.32 Å². The lowest BCUT2D eigenvalue weighted by Gasteiger charge is -2.29. The molecular weight excluding hydrogens is 374 g/mol. The van der Waals surface area contributed by atoms with Crippen molar-refractivity contribution in [3.05, 3.63) is 28.7 Å². The van der Waals surface area contributed by atoms with Crippen LogP contribution in [-0.4, -0.2) is 30.6 Å². The van der Waals surface area contributed by atoms with Crippen LogP contribution in [0, 0.1) is 5.92 Å². The van der Waals surface area contributed by atoms with Crippen LogP contribution in [0.25, 0.3) is 0 Å². The second-order valence-electron chi connectivity index (χ2n) is 6.26. The summed E-state index contributed by atoms with van der Waals surface area (Å²) in [6, 6.07) is 7.34. The molecule has 0 spiro atoms. The van der Waals surface area contributed by atoms with E-state index in [0.29, 0.717) is 11.7 Å². The molecule has 5 nitrogen and oxygen atoms in total. The van der Waals surface area contributed by atoms with E-state index in [1.807, 2.05) is 12.1 Å². The van der Waals surface area contributed by atoms with E-state index in [2.05, 4.69) is 28.2 Å². The summed E-state index contributed by atoms with van der Waals surface area (Å²) in [6.45, 7) is 3.48. The molecule has 1 saturated carbocycles. The van der Waals surface area contributed by atoms with Gasteiger partial charge in [0.15, 0.2) is 12.7 Å². The van der Waals surface area contributed by atoms with Gasteiger partial charge in [0.2, 0.25) is 0 Å². The normalized spacial score (nSPS) is 21.6. The predicted molar refractivity (Wildman–Crippen MR) is 94.8 cm³/mol. The molecule has 0 heterocycles. The van der Waals surface area contributed by atoms with Crippen molar-refractivity contribution in [2.45, 2.75) is 51.7 Å². The monoisotopic (exact) mass is 397 g/mol. The highest BCUT2D eigenvalue weighted by atomic mass is 79.9. The molecular formula is C18H24BrNO4. The van der Waals surface area contributed by atoms with Crippen molar-refractivity contribution in [3.8, 4) is 5.75 Å². The van der Waals surface area contributed by atoms with Crippen molar-refractivity contribution in [2.75, 3.05) is 6.61 Å². The van der Waals surface area contributed by atoms with Gasteiger partial charge in [0, 0.05) is 10.5 Å². The topological polar surface area (TPSA) is 64.6 Å². The number of halogens is 1. The second-order valence-corrected chi connectivity index (χ2v) is 7.17. The highest BCUT2D eigenvalue weighted by Gasteiger charge is 2.24. The molecule has 1 aliphatic rings. The first-order chi connectivity index (χ1) is 11.5. The summed E-state index contributed by atoms with van der Waals surface area (Å²) in [5.74, 6) is 0.240. The van der Waals surface area contributed by atoms with Gasteiger partial charge < -0.3 is 14.8 Å². The quantitative estimate of drug-likeness (QED) is 0.746. The molecule has 1 fully saturated rings. The van der Waals surface area contributed by atoms with Gasteiger partial charge in [-0.05, 0) is 49.9 Å². The minimum absolute atomic E-state index is 0.182. The molecule has 1 aromatic carbocycles. The van der Waals surface area contributed by atoms with Crippen molar-refractivity contribution in [1.29, 1.82) is 0 Å². The molecule has 1 aromatic rings. The first-order valence-electron chi connectivity index (χ1n) is 8.34. The zero-order valence-electron chi connectivity index (χ0n) is 14.1. The number of esters is 1. The summed E-state index contributed by atoms with van der Waals surface area (Å²) >= 11 is 3.33. The summed E-state index contributed by atoms with van der Waals surface area (Å²) in [6.07, 6.45) is 3.69. The van der Waals surface area contributed by atoms with Crippen LogP contribution in [-0.2, 0) is 14.3 Å². The third-order valence-corrected chi connectivity index (χ3v) is 4.79. The van der Waals surface area contributed by atoms with E-state index >= 15 is 0 Å². The van der Waals surface area contributed by atoms with Crippen LogP contribution in [0.5, 0.6) is 5.75 Å². The molecule has 24 heavy (non-hydrogen) atoms. The average molecular weight is 398 g/mol. The lowest BCUT2D eigenvalue weighted by Crippen LogP contribution is -2.43. The Bertz CT molecular complexity index is 561. The van der Waals surface area contributed by atoms with Crippen LogP contribution in [0.15, 0.2) is 28.7 Å². The van der Waals surface area contributed by atoms with Crippen molar-refractivity contribution in [3.63, 3.8) is 0 Å². The maximum Gasteiger partial charge on any atom is 0.347 e. The number of nitrogens with one attached hydrogen (secondary N) is 1. The molecule has 1 aliphatic carbocycles. The fourth-order valence-electron chi connectivity index (χ4n) is 2.80. The Morgan fingerprint density at radius 3 is 2.58 bits per heavy atom. The van der Waals surface area contributed by atoms with Gasteiger partial charge in [-0.2, -0.15) is 0 Å². The number of amides is 1. The van der Waals surface area contributed by atoms with Gasteiger partial charge in [0.05, 0.1) is 0 Å². The summed E-state index contributed by atoms with van der Waals surface area (Å²) < 4.78 is 11.5. The zero-order valence-corrected chi connectivity index (χ0v) is 15.7. The van der Waals surface area contributed by atoms with E-state index < -0.39 is 12.1 Å². The molecule has 2 rings (SSSR count). The van der Waals surface area contributed by atoms with Crippen LogP contribution in [0.3, 0.4) is 0 Å². The molecule has 1 N–H and O–H groups in total. The molecule has 6 heteroatoms. The Hall–Kier alpha value is -1.56. The van der Waals surface area contributed by atoms with Gasteiger partial charge in [-0.15, -0.1) is 0 Å². The molecule has 0 radical (unpaired) electrons. The van der Waals surface area contributed by atoms with Gasteiger partial charge in [0.1, 0.15) is 5.75 Å². The van der Waals surface area contributed by atoms with Crippen LogP contribution in [0.4, 0.5) is 0 Å². The standard InChI is InChI=1S/C18H24BrNO4/c1-12-5-3-4-6-16(12)20-17(21)11-23-18(22)13(2)24-15-9-7-14(19)8-10-15/h7-10,12-13,16H,3-6,11H2,1-2H3,(H,20,21)/t12-,13+,16+/m0/s1. The molecule has 132 valence electrons. The summed E-state index contributed by atoms with van der Waals surface area (Å²) in [4.78, 5) is 23.9. The Morgan fingerprint density at radius 1 is 1.25 bits per heavy atom. The van der Waals surface area contributed by atoms with Crippen LogP contribution in [0.2, 0.25) is 0 Å². The number of benzene rings is 1. The predicted octanol–water partition coefficient (Wildman–Crippen LogP) is 3.45. The zero-order chi connectivity index (χ0) is 17.5. The minimum Gasteiger partial charge on any atom is -0.479 e. The van der Waals surface area contributed by atoms with E-state index in [-0.39, 0.29) is 18.6 Å². The van der Waals surface area contributed by atoms with E-state index in [1.54, 1.807) is 19.1 Å². The van der Waals surface area contributed by atoms with E-state index in [0.717, 1.165) is 23.7 Å². The summed E-state index contributed by atoms with van der Waals surface area (Å²) in [5.41, 5.74) is 0. The first kappa shape index (κ1) is 18.8. The molecule has 0 unspecified atom stereocenters. The summed E-state index contributed by atoms with van der Waals surface area (Å²) in [5, 5.41) is 2.96. The number of carbonyl (C=O) groups is 2. The fraction of sp³-hybridized carbons (Fsp3) is 0.556. The average Bonchev–Trinajstić information content (AvgIpc) is 2.57. The number of rotatable bonds is 6. The fourth-order valence-corrected chi connectivity index (χ4v) is 3.06. The van der Waals surface area contributed by atoms with Gasteiger partial charge in [0.25, 0.3) is 5.91 Å². The maximum atomic E-state index is 11.9.